The first-order chi connectivity index (χ1) is 7.65. The van der Waals surface area contributed by atoms with Gasteiger partial charge >= 0.3 is 0 Å². The topological polar surface area (TPSA) is 12.0 Å². The third-order valence-electron chi connectivity index (χ3n) is 2.18. The third kappa shape index (κ3) is 2.91. The van der Waals surface area contributed by atoms with Gasteiger partial charge in [0.15, 0.2) is 0 Å². The predicted octanol–water partition coefficient (Wildman–Crippen LogP) is 4.98. The molecule has 2 rings (SSSR count). The number of hydrogen-bond donors (Lipinski definition) is 1. The highest BCUT2D eigenvalue weighted by Gasteiger charge is 2.01. The van der Waals surface area contributed by atoms with E-state index in [1.807, 2.05) is 12.1 Å². The predicted molar refractivity (Wildman–Crippen MR) is 72.8 cm³/mol. The number of aryl methyl sites for hydroxylation is 1. The summed E-state index contributed by atoms with van der Waals surface area (Å²) in [6.45, 7) is 2.89. The molecule has 1 aromatic carbocycles. The Bertz CT molecular complexity index is 494. The second-order valence-electron chi connectivity index (χ2n) is 3.49. The van der Waals surface area contributed by atoms with Gasteiger partial charge in [-0.25, -0.2) is 0 Å². The molecular weight excluding hydrogens is 261 g/mol. The summed E-state index contributed by atoms with van der Waals surface area (Å²) in [5, 5.41) is 4.60. The van der Waals surface area contributed by atoms with Crippen LogP contribution in [0.1, 0.15) is 9.75 Å². The molecule has 16 heavy (non-hydrogen) atoms. The Labute approximate surface area is 109 Å². The molecule has 84 valence electrons. The minimum absolute atomic E-state index is 0.653. The van der Waals surface area contributed by atoms with E-state index in [2.05, 4.69) is 24.4 Å². The lowest BCUT2D eigenvalue weighted by Gasteiger charge is -2.07. The maximum Gasteiger partial charge on any atom is 0.0652 e. The fourth-order valence-corrected chi connectivity index (χ4v) is 2.70. The average molecular weight is 272 g/mol. The van der Waals surface area contributed by atoms with Crippen molar-refractivity contribution < 1.29 is 0 Å². The third-order valence-corrected chi connectivity index (χ3v) is 3.73. The molecule has 0 saturated heterocycles. The molecule has 0 bridgehead atoms. The molecule has 0 aliphatic heterocycles. The number of halogens is 2. The lowest BCUT2D eigenvalue weighted by Crippen LogP contribution is -1.97. The molecule has 1 heterocycles. The lowest BCUT2D eigenvalue weighted by atomic mass is 10.3. The molecule has 0 radical (unpaired) electrons. The van der Waals surface area contributed by atoms with Gasteiger partial charge in [-0.05, 0) is 37.3 Å². The fraction of sp³-hybridized carbons (Fsp3) is 0.167. The minimum Gasteiger partial charge on any atom is -0.379 e. The van der Waals surface area contributed by atoms with Gasteiger partial charge in [0.05, 0.1) is 10.7 Å². The van der Waals surface area contributed by atoms with Crippen molar-refractivity contribution in [2.45, 2.75) is 13.5 Å². The molecule has 2 aromatic rings. The van der Waals surface area contributed by atoms with Gasteiger partial charge in [0.2, 0.25) is 0 Å². The van der Waals surface area contributed by atoms with E-state index in [4.69, 9.17) is 23.2 Å². The van der Waals surface area contributed by atoms with Crippen LogP contribution < -0.4 is 5.32 Å². The molecule has 0 saturated carbocycles. The second-order valence-corrected chi connectivity index (χ2v) is 5.71. The number of nitrogens with one attached hydrogen (secondary N) is 1. The monoisotopic (exact) mass is 271 g/mol. The van der Waals surface area contributed by atoms with E-state index in [0.29, 0.717) is 10.0 Å². The Morgan fingerprint density at radius 1 is 1.19 bits per heavy atom. The molecule has 1 N–H and O–H groups in total. The zero-order valence-electron chi connectivity index (χ0n) is 8.76. The summed E-state index contributed by atoms with van der Waals surface area (Å²) in [5.74, 6) is 0. The Hall–Kier alpha value is -0.700. The molecule has 0 fully saturated rings. The fourth-order valence-electron chi connectivity index (χ4n) is 1.40. The van der Waals surface area contributed by atoms with Crippen molar-refractivity contribution >= 4 is 40.2 Å². The molecule has 4 heteroatoms. The normalized spacial score (nSPS) is 10.4. The molecular formula is C12H11Cl2NS. The van der Waals surface area contributed by atoms with Crippen LogP contribution in [0.25, 0.3) is 0 Å². The van der Waals surface area contributed by atoms with Gasteiger partial charge in [-0.2, -0.15) is 0 Å². The van der Waals surface area contributed by atoms with E-state index in [9.17, 15) is 0 Å². The number of hydrogen-bond acceptors (Lipinski definition) is 2. The highest BCUT2D eigenvalue weighted by Crippen LogP contribution is 2.26. The molecule has 0 unspecified atom stereocenters. The Morgan fingerprint density at radius 2 is 2.00 bits per heavy atom. The van der Waals surface area contributed by atoms with Crippen LogP contribution in [0.3, 0.4) is 0 Å². The Balaban J connectivity index is 2.04. The smallest absolute Gasteiger partial charge is 0.0652 e. The van der Waals surface area contributed by atoms with Crippen molar-refractivity contribution in [1.29, 1.82) is 0 Å². The summed E-state index contributed by atoms with van der Waals surface area (Å²) in [7, 11) is 0. The number of benzene rings is 1. The minimum atomic E-state index is 0.653. The van der Waals surface area contributed by atoms with Crippen LogP contribution in [0.2, 0.25) is 10.0 Å². The number of rotatable bonds is 3. The van der Waals surface area contributed by atoms with Gasteiger partial charge < -0.3 is 5.32 Å². The van der Waals surface area contributed by atoms with Crippen molar-refractivity contribution in [3.05, 3.63) is 50.1 Å². The van der Waals surface area contributed by atoms with E-state index < -0.39 is 0 Å². The molecule has 1 nitrogen and oxygen atoms in total. The van der Waals surface area contributed by atoms with E-state index in [1.54, 1.807) is 17.4 Å². The molecule has 0 aliphatic rings. The van der Waals surface area contributed by atoms with Gasteiger partial charge in [-0.15, -0.1) is 11.3 Å². The van der Waals surface area contributed by atoms with Crippen LogP contribution >= 0.6 is 34.5 Å². The van der Waals surface area contributed by atoms with Crippen molar-refractivity contribution in [1.82, 2.24) is 0 Å². The van der Waals surface area contributed by atoms with Crippen molar-refractivity contribution in [3.8, 4) is 0 Å². The second kappa shape index (κ2) is 5.09. The quantitative estimate of drug-likeness (QED) is 0.831. The molecule has 1 aromatic heterocycles. The Kier molecular flexibility index (Phi) is 3.74. The zero-order chi connectivity index (χ0) is 11.5. The van der Waals surface area contributed by atoms with E-state index in [1.165, 1.54) is 9.75 Å². The number of thiophene rings is 1. The molecule has 0 amide bonds. The van der Waals surface area contributed by atoms with Gasteiger partial charge in [0, 0.05) is 21.3 Å². The molecule has 0 atom stereocenters. The SMILES string of the molecule is Cc1ccc(CNc2ccc(Cl)cc2Cl)s1. The maximum absolute atomic E-state index is 6.06. The first kappa shape index (κ1) is 11.8. The van der Waals surface area contributed by atoms with Crippen LogP contribution in [0, 0.1) is 6.92 Å². The summed E-state index contributed by atoms with van der Waals surface area (Å²) in [5.41, 5.74) is 0.914. The first-order valence-corrected chi connectivity index (χ1v) is 6.46. The van der Waals surface area contributed by atoms with Crippen LogP contribution in [0.5, 0.6) is 0 Å². The highest BCUT2D eigenvalue weighted by atomic mass is 35.5. The van der Waals surface area contributed by atoms with Gasteiger partial charge in [0.25, 0.3) is 0 Å². The first-order valence-electron chi connectivity index (χ1n) is 4.89. The summed E-state index contributed by atoms with van der Waals surface area (Å²) in [6.07, 6.45) is 0. The van der Waals surface area contributed by atoms with Crippen molar-refractivity contribution in [2.24, 2.45) is 0 Å². The molecule has 0 aliphatic carbocycles. The lowest BCUT2D eigenvalue weighted by molar-refractivity contribution is 1.19. The van der Waals surface area contributed by atoms with Crippen LogP contribution in [-0.2, 0) is 6.54 Å². The van der Waals surface area contributed by atoms with Gasteiger partial charge in [0.1, 0.15) is 0 Å². The Morgan fingerprint density at radius 3 is 2.62 bits per heavy atom. The standard InChI is InChI=1S/C12H11Cl2NS/c1-8-2-4-10(16-8)7-15-12-5-3-9(13)6-11(12)14/h2-6,15H,7H2,1H3. The van der Waals surface area contributed by atoms with E-state index >= 15 is 0 Å². The van der Waals surface area contributed by atoms with Crippen molar-refractivity contribution in [3.63, 3.8) is 0 Å². The van der Waals surface area contributed by atoms with Crippen LogP contribution in [0.15, 0.2) is 30.3 Å². The van der Waals surface area contributed by atoms with Crippen LogP contribution in [0.4, 0.5) is 5.69 Å². The van der Waals surface area contributed by atoms with Crippen molar-refractivity contribution in [2.75, 3.05) is 5.32 Å². The van der Waals surface area contributed by atoms with Gasteiger partial charge in [-0.3, -0.25) is 0 Å². The summed E-state index contributed by atoms with van der Waals surface area (Å²) in [6, 6.07) is 9.70. The summed E-state index contributed by atoms with van der Waals surface area (Å²) >= 11 is 13.7. The number of anilines is 1. The summed E-state index contributed by atoms with van der Waals surface area (Å²) < 4.78 is 0. The largest absolute Gasteiger partial charge is 0.379 e. The van der Waals surface area contributed by atoms with E-state index in [0.717, 1.165) is 12.2 Å². The van der Waals surface area contributed by atoms with Crippen LogP contribution in [-0.4, -0.2) is 0 Å². The zero-order valence-corrected chi connectivity index (χ0v) is 11.1. The average Bonchev–Trinajstić information content (AvgIpc) is 2.63. The van der Waals surface area contributed by atoms with E-state index in [-0.39, 0.29) is 0 Å². The maximum atomic E-state index is 6.06. The van der Waals surface area contributed by atoms with Gasteiger partial charge in [-0.1, -0.05) is 23.2 Å². The molecule has 0 spiro atoms. The summed E-state index contributed by atoms with van der Waals surface area (Å²) in [4.78, 5) is 2.61. The highest BCUT2D eigenvalue weighted by molar-refractivity contribution is 7.11.